The molecule has 4 aromatic carbocycles. The maximum Gasteiger partial charge on any atom is 0.426 e. The fourth-order valence-corrected chi connectivity index (χ4v) is 3.76. The Bertz CT molecular complexity index is 1480. The smallest absolute Gasteiger partial charge is 0.426 e. The second-order valence-electron chi connectivity index (χ2n) is 8.93. The standard InChI is InChI=1S/C32H24F4O6.2C2H6/c1-3-29(37)39-19-21-5-11-25(12-6-21)31(33,34)41-27-15-9-24-18-28(16-10-23(24)17-27)42-32(35,36)26-13-7-22(8-14-26)20-40-30(38)4-2;2*1-2/h3-18H,1-2,19-20H2;2*1-2H3. The molecule has 0 heterocycles. The van der Waals surface area contributed by atoms with Crippen molar-refractivity contribution in [3.63, 3.8) is 0 Å². The molecule has 0 saturated heterocycles. The van der Waals surface area contributed by atoms with Crippen LogP contribution in [-0.2, 0) is 44.5 Å². The van der Waals surface area contributed by atoms with Crippen molar-refractivity contribution in [2.24, 2.45) is 0 Å². The summed E-state index contributed by atoms with van der Waals surface area (Å²) in [5, 5.41) is 0.911. The number of carbonyl (C=O) groups excluding carboxylic acids is 2. The van der Waals surface area contributed by atoms with Crippen LogP contribution in [-0.4, -0.2) is 11.9 Å². The molecule has 0 atom stereocenters. The van der Waals surface area contributed by atoms with E-state index < -0.39 is 35.3 Å². The van der Waals surface area contributed by atoms with Crippen LogP contribution in [0.5, 0.6) is 11.5 Å². The largest absolute Gasteiger partial charge is 0.458 e. The summed E-state index contributed by atoms with van der Waals surface area (Å²) in [6.07, 6.45) is -5.37. The zero-order chi connectivity index (χ0) is 34.3. The lowest BCUT2D eigenvalue weighted by Crippen LogP contribution is -2.22. The van der Waals surface area contributed by atoms with E-state index in [9.17, 15) is 27.2 Å². The molecule has 10 heteroatoms. The van der Waals surface area contributed by atoms with Crippen molar-refractivity contribution in [1.82, 2.24) is 0 Å². The third-order valence-corrected chi connectivity index (χ3v) is 5.95. The van der Waals surface area contributed by atoms with E-state index in [4.69, 9.17) is 18.9 Å². The molecule has 0 N–H and O–H groups in total. The van der Waals surface area contributed by atoms with Crippen molar-refractivity contribution in [1.29, 1.82) is 0 Å². The summed E-state index contributed by atoms with van der Waals surface area (Å²) < 4.78 is 78.9. The van der Waals surface area contributed by atoms with Crippen LogP contribution in [0.25, 0.3) is 10.8 Å². The van der Waals surface area contributed by atoms with E-state index in [2.05, 4.69) is 13.2 Å². The lowest BCUT2D eigenvalue weighted by atomic mass is 10.1. The van der Waals surface area contributed by atoms with E-state index in [0.717, 1.165) is 36.4 Å². The summed E-state index contributed by atoms with van der Waals surface area (Å²) in [6.45, 7) is 14.4. The van der Waals surface area contributed by atoms with Crippen molar-refractivity contribution < 1.29 is 46.1 Å². The molecular weight excluding hydrogens is 604 g/mol. The minimum Gasteiger partial charge on any atom is -0.458 e. The highest BCUT2D eigenvalue weighted by atomic mass is 19.3. The summed E-state index contributed by atoms with van der Waals surface area (Å²) in [4.78, 5) is 22.3. The molecule has 0 saturated carbocycles. The van der Waals surface area contributed by atoms with Gasteiger partial charge in [-0.1, -0.05) is 77.3 Å². The number of halogens is 4. The number of esters is 2. The Labute approximate surface area is 265 Å². The Hall–Kier alpha value is -5.12. The number of benzene rings is 4. The van der Waals surface area contributed by atoms with Gasteiger partial charge < -0.3 is 18.9 Å². The highest BCUT2D eigenvalue weighted by Gasteiger charge is 2.35. The Balaban J connectivity index is 0.00000177. The van der Waals surface area contributed by atoms with E-state index in [0.29, 0.717) is 21.9 Å². The van der Waals surface area contributed by atoms with Crippen LogP contribution in [0.2, 0.25) is 0 Å². The number of ether oxygens (including phenoxy) is 4. The highest BCUT2D eigenvalue weighted by molar-refractivity contribution is 5.85. The van der Waals surface area contributed by atoms with Crippen molar-refractivity contribution in [3.8, 4) is 11.5 Å². The van der Waals surface area contributed by atoms with Crippen LogP contribution < -0.4 is 9.47 Å². The molecule has 0 amide bonds. The van der Waals surface area contributed by atoms with Gasteiger partial charge in [0.2, 0.25) is 0 Å². The third kappa shape index (κ3) is 10.5. The second kappa shape index (κ2) is 17.4. The minimum atomic E-state index is -3.68. The van der Waals surface area contributed by atoms with Gasteiger partial charge in [-0.15, -0.1) is 0 Å². The Morgan fingerprint density at radius 2 is 0.913 bits per heavy atom. The first-order valence-corrected chi connectivity index (χ1v) is 14.4. The zero-order valence-corrected chi connectivity index (χ0v) is 26.0. The molecule has 0 radical (unpaired) electrons. The topological polar surface area (TPSA) is 71.1 Å². The Kier molecular flexibility index (Phi) is 14.0. The van der Waals surface area contributed by atoms with E-state index in [1.807, 2.05) is 27.7 Å². The van der Waals surface area contributed by atoms with E-state index >= 15 is 0 Å². The van der Waals surface area contributed by atoms with Crippen LogP contribution in [0.4, 0.5) is 17.6 Å². The first kappa shape index (κ1) is 37.1. The number of rotatable bonds is 12. The van der Waals surface area contributed by atoms with Gasteiger partial charge in [0.15, 0.2) is 0 Å². The molecule has 244 valence electrons. The predicted octanol–water partition coefficient (Wildman–Crippen LogP) is 9.61. The van der Waals surface area contributed by atoms with E-state index in [1.54, 1.807) is 0 Å². The molecule has 0 spiro atoms. The van der Waals surface area contributed by atoms with Crippen molar-refractivity contribution >= 4 is 22.7 Å². The average Bonchev–Trinajstić information content (AvgIpc) is 3.08. The van der Waals surface area contributed by atoms with Gasteiger partial charge in [0.25, 0.3) is 0 Å². The molecule has 0 aromatic heterocycles. The Morgan fingerprint density at radius 1 is 0.587 bits per heavy atom. The van der Waals surface area contributed by atoms with Crippen LogP contribution in [0.15, 0.2) is 110 Å². The highest BCUT2D eigenvalue weighted by Crippen LogP contribution is 2.36. The Morgan fingerprint density at radius 3 is 1.22 bits per heavy atom. The predicted molar refractivity (Wildman–Crippen MR) is 169 cm³/mol. The summed E-state index contributed by atoms with van der Waals surface area (Å²) in [5.74, 6) is -1.55. The molecule has 0 aliphatic heterocycles. The molecule has 46 heavy (non-hydrogen) atoms. The third-order valence-electron chi connectivity index (χ3n) is 5.95. The fraction of sp³-hybridized carbons (Fsp3) is 0.222. The molecule has 0 unspecified atom stereocenters. The molecule has 4 aromatic rings. The number of hydrogen-bond acceptors (Lipinski definition) is 6. The second-order valence-corrected chi connectivity index (χ2v) is 8.93. The fourth-order valence-electron chi connectivity index (χ4n) is 3.76. The van der Waals surface area contributed by atoms with Gasteiger partial charge in [-0.05, 0) is 70.4 Å². The van der Waals surface area contributed by atoms with E-state index in [-0.39, 0.29) is 24.7 Å². The number of carbonyl (C=O) groups is 2. The van der Waals surface area contributed by atoms with Gasteiger partial charge in [0, 0.05) is 12.2 Å². The van der Waals surface area contributed by atoms with Gasteiger partial charge in [-0.25, -0.2) is 9.59 Å². The quantitative estimate of drug-likeness (QED) is 0.0873. The molecule has 0 bridgehead atoms. The minimum absolute atomic E-state index is 0.0961. The van der Waals surface area contributed by atoms with Crippen LogP contribution >= 0.6 is 0 Å². The SMILES string of the molecule is C=CC(=O)OCc1ccc(C(F)(F)Oc2ccc3cc(OC(F)(F)c4ccc(COC(=O)C=C)cc4)ccc3c2)cc1.CC.CC. The van der Waals surface area contributed by atoms with Gasteiger partial charge in [-0.2, -0.15) is 17.6 Å². The summed E-state index contributed by atoms with van der Waals surface area (Å²) in [6, 6.07) is 18.4. The molecule has 4 rings (SSSR count). The summed E-state index contributed by atoms with van der Waals surface area (Å²) in [5.41, 5.74) is 0.168. The van der Waals surface area contributed by atoms with Crippen LogP contribution in [0.3, 0.4) is 0 Å². The van der Waals surface area contributed by atoms with Gasteiger partial charge in [0.05, 0.1) is 11.1 Å². The van der Waals surface area contributed by atoms with Gasteiger partial charge in [0.1, 0.15) is 24.7 Å². The first-order valence-electron chi connectivity index (χ1n) is 14.4. The van der Waals surface area contributed by atoms with Crippen molar-refractivity contribution in [2.45, 2.75) is 53.1 Å². The van der Waals surface area contributed by atoms with Gasteiger partial charge in [-0.3, -0.25) is 0 Å². The molecule has 6 nitrogen and oxygen atoms in total. The van der Waals surface area contributed by atoms with Crippen LogP contribution in [0.1, 0.15) is 49.9 Å². The number of hydrogen-bond donors (Lipinski definition) is 0. The van der Waals surface area contributed by atoms with Crippen molar-refractivity contribution in [2.75, 3.05) is 0 Å². The maximum atomic E-state index is 14.8. The van der Waals surface area contributed by atoms with Crippen molar-refractivity contribution in [3.05, 3.63) is 132 Å². The molecule has 0 fully saturated rings. The monoisotopic (exact) mass is 640 g/mol. The van der Waals surface area contributed by atoms with E-state index in [1.165, 1.54) is 60.7 Å². The summed E-state index contributed by atoms with van der Waals surface area (Å²) in [7, 11) is 0. The number of alkyl halides is 4. The molecule has 0 aliphatic rings. The molecule has 0 aliphatic carbocycles. The van der Waals surface area contributed by atoms with Crippen LogP contribution in [0, 0.1) is 0 Å². The molecular formula is C36H36F4O6. The lowest BCUT2D eigenvalue weighted by molar-refractivity contribution is -0.186. The zero-order valence-electron chi connectivity index (χ0n) is 26.0. The maximum absolute atomic E-state index is 14.8. The van der Waals surface area contributed by atoms with Gasteiger partial charge >= 0.3 is 24.2 Å². The average molecular weight is 641 g/mol. The lowest BCUT2D eigenvalue weighted by Gasteiger charge is -2.20. The summed E-state index contributed by atoms with van der Waals surface area (Å²) >= 11 is 0. The first-order chi connectivity index (χ1) is 22.0. The number of fused-ring (bicyclic) bond motifs is 1. The normalized spacial score (nSPS) is 10.7.